The summed E-state index contributed by atoms with van der Waals surface area (Å²) in [5, 5.41) is 11.9. The smallest absolute Gasteiger partial charge is 0.411 e. The molecule has 1 aliphatic heterocycles. The lowest BCUT2D eigenvalue weighted by Gasteiger charge is -2.37. The maximum absolute atomic E-state index is 13.7. The molecule has 2 amide bonds. The molecule has 234 valence electrons. The Balaban J connectivity index is 1.27. The van der Waals surface area contributed by atoms with Gasteiger partial charge < -0.3 is 19.5 Å². The van der Waals surface area contributed by atoms with Gasteiger partial charge in [-0.15, -0.1) is 0 Å². The highest BCUT2D eigenvalue weighted by atomic mass is 16.6. The first kappa shape index (κ1) is 31.8. The minimum atomic E-state index is -1.01. The van der Waals surface area contributed by atoms with Crippen molar-refractivity contribution >= 4 is 18.0 Å². The van der Waals surface area contributed by atoms with E-state index < -0.39 is 29.6 Å². The number of rotatable bonds is 8. The van der Waals surface area contributed by atoms with Gasteiger partial charge in [-0.1, -0.05) is 48.5 Å². The maximum Gasteiger partial charge on any atom is 0.411 e. The average molecular weight is 618 g/mol. The van der Waals surface area contributed by atoms with Crippen LogP contribution in [0.4, 0.5) is 4.79 Å². The first-order valence-electron chi connectivity index (χ1n) is 15.0. The van der Waals surface area contributed by atoms with Crippen LogP contribution < -0.4 is 14.8 Å². The zero-order valence-electron chi connectivity index (χ0n) is 26.0. The van der Waals surface area contributed by atoms with Crippen LogP contribution >= 0.6 is 0 Å². The Labute approximate surface area is 268 Å². The van der Waals surface area contributed by atoms with E-state index in [1.807, 2.05) is 48.5 Å². The number of amides is 2. The van der Waals surface area contributed by atoms with Gasteiger partial charge in [-0.25, -0.2) is 4.79 Å². The van der Waals surface area contributed by atoms with Crippen LogP contribution in [0.5, 0.6) is 17.2 Å². The minimum Gasteiger partial charge on any atom is -0.457 e. The molecule has 9 heteroatoms. The highest BCUT2D eigenvalue weighted by Gasteiger charge is 2.38. The minimum absolute atomic E-state index is 0.00912. The molecule has 1 N–H and O–H groups in total. The van der Waals surface area contributed by atoms with Crippen LogP contribution in [-0.2, 0) is 20.7 Å². The molecule has 0 radical (unpaired) electrons. The standard InChI is InChI=1S/C37H35N3O6/c1-37(2,3)46-36(43)40-22-20-28-13-18-31(44-29-14-9-25(24-38)10-15-29)23-32(28)34(40)35(42)39-21-19-33(41)45-30-16-11-27(12-17-30)26-7-5-4-6-8-26/h4-18,23,34H,19-22H2,1-3H3,(H,39,42)/t34-/m0/s1. The third-order valence-electron chi connectivity index (χ3n) is 7.26. The van der Waals surface area contributed by atoms with Crippen LogP contribution in [0, 0.1) is 11.3 Å². The number of carbonyl (C=O) groups is 3. The largest absolute Gasteiger partial charge is 0.457 e. The van der Waals surface area contributed by atoms with Gasteiger partial charge in [-0.2, -0.15) is 5.26 Å². The third-order valence-corrected chi connectivity index (χ3v) is 7.26. The lowest BCUT2D eigenvalue weighted by Crippen LogP contribution is -2.49. The monoisotopic (exact) mass is 617 g/mol. The van der Waals surface area contributed by atoms with Crippen molar-refractivity contribution in [3.05, 3.63) is 114 Å². The van der Waals surface area contributed by atoms with Gasteiger partial charge in [-0.05, 0) is 98.0 Å². The zero-order valence-corrected chi connectivity index (χ0v) is 26.0. The first-order valence-corrected chi connectivity index (χ1v) is 15.0. The van der Waals surface area contributed by atoms with Gasteiger partial charge in [0.05, 0.1) is 18.1 Å². The molecule has 0 spiro atoms. The van der Waals surface area contributed by atoms with Crippen molar-refractivity contribution in [3.63, 3.8) is 0 Å². The van der Waals surface area contributed by atoms with Crippen LogP contribution in [0.2, 0.25) is 0 Å². The molecule has 0 fully saturated rings. The fourth-order valence-corrected chi connectivity index (χ4v) is 5.10. The molecule has 1 atom stereocenters. The molecule has 4 aromatic carbocycles. The van der Waals surface area contributed by atoms with E-state index in [-0.39, 0.29) is 19.5 Å². The summed E-state index contributed by atoms with van der Waals surface area (Å²) in [4.78, 5) is 41.0. The van der Waals surface area contributed by atoms with Crippen LogP contribution in [0.15, 0.2) is 97.1 Å². The van der Waals surface area contributed by atoms with E-state index in [0.717, 1.165) is 16.7 Å². The van der Waals surface area contributed by atoms with Gasteiger partial charge >= 0.3 is 12.1 Å². The molecule has 46 heavy (non-hydrogen) atoms. The van der Waals surface area contributed by atoms with Crippen molar-refractivity contribution in [1.29, 1.82) is 5.26 Å². The van der Waals surface area contributed by atoms with Crippen LogP contribution in [0.1, 0.15) is 49.9 Å². The lowest BCUT2D eigenvalue weighted by molar-refractivity contribution is -0.134. The lowest BCUT2D eigenvalue weighted by atomic mass is 9.92. The SMILES string of the molecule is CC(C)(C)OC(=O)N1CCc2ccc(Oc3ccc(C#N)cc3)cc2[C@H]1C(=O)NCCC(=O)Oc1ccc(-c2ccccc2)cc1. The Bertz CT molecular complexity index is 1740. The van der Waals surface area contributed by atoms with Gasteiger partial charge in [0.1, 0.15) is 28.9 Å². The second kappa shape index (κ2) is 14.0. The number of carbonyl (C=O) groups excluding carboxylic acids is 3. The maximum atomic E-state index is 13.7. The predicted octanol–water partition coefficient (Wildman–Crippen LogP) is 6.96. The Morgan fingerprint density at radius 3 is 2.20 bits per heavy atom. The van der Waals surface area contributed by atoms with Crippen molar-refractivity contribution in [1.82, 2.24) is 10.2 Å². The number of ether oxygens (including phenoxy) is 3. The molecule has 0 saturated carbocycles. The Morgan fingerprint density at radius 1 is 0.870 bits per heavy atom. The second-order valence-electron chi connectivity index (χ2n) is 11.8. The molecule has 5 rings (SSSR count). The molecular weight excluding hydrogens is 582 g/mol. The summed E-state index contributed by atoms with van der Waals surface area (Å²) in [6, 6.07) is 30.2. The summed E-state index contributed by atoms with van der Waals surface area (Å²) in [6.07, 6.45) is -0.166. The van der Waals surface area contributed by atoms with E-state index in [1.54, 1.807) is 69.3 Å². The topological polar surface area (TPSA) is 118 Å². The number of nitrogens with one attached hydrogen (secondary N) is 1. The summed E-state index contributed by atoms with van der Waals surface area (Å²) in [5.41, 5.74) is 3.29. The number of fused-ring (bicyclic) bond motifs is 1. The van der Waals surface area contributed by atoms with Crippen molar-refractivity contribution in [2.24, 2.45) is 0 Å². The Morgan fingerprint density at radius 2 is 1.52 bits per heavy atom. The summed E-state index contributed by atoms with van der Waals surface area (Å²) in [6.45, 7) is 5.58. The van der Waals surface area contributed by atoms with Gasteiger partial charge in [-0.3, -0.25) is 14.5 Å². The van der Waals surface area contributed by atoms with Gasteiger partial charge in [0, 0.05) is 13.1 Å². The van der Waals surface area contributed by atoms with Crippen LogP contribution in [0.25, 0.3) is 11.1 Å². The van der Waals surface area contributed by atoms with Crippen LogP contribution in [0.3, 0.4) is 0 Å². The first-order chi connectivity index (χ1) is 22.1. The average Bonchev–Trinajstić information content (AvgIpc) is 3.04. The number of benzene rings is 4. The van der Waals surface area contributed by atoms with Crippen molar-refractivity contribution in [2.75, 3.05) is 13.1 Å². The number of hydrogen-bond acceptors (Lipinski definition) is 7. The van der Waals surface area contributed by atoms with Crippen molar-refractivity contribution in [2.45, 2.75) is 45.3 Å². The number of esters is 1. The zero-order chi connectivity index (χ0) is 32.7. The van der Waals surface area contributed by atoms with Gasteiger partial charge in [0.15, 0.2) is 0 Å². The van der Waals surface area contributed by atoms with Crippen molar-refractivity contribution < 1.29 is 28.6 Å². The number of hydrogen-bond donors (Lipinski definition) is 1. The van der Waals surface area contributed by atoms with E-state index >= 15 is 0 Å². The molecule has 9 nitrogen and oxygen atoms in total. The number of nitrogens with zero attached hydrogens (tertiary/aromatic N) is 2. The molecule has 0 aliphatic carbocycles. The summed E-state index contributed by atoms with van der Waals surface area (Å²) < 4.78 is 17.1. The fraction of sp³-hybridized carbons (Fsp3) is 0.243. The van der Waals surface area contributed by atoms with E-state index in [1.165, 1.54) is 4.90 Å². The van der Waals surface area contributed by atoms with Crippen LogP contribution in [-0.4, -0.2) is 41.6 Å². The van der Waals surface area contributed by atoms with E-state index in [4.69, 9.17) is 19.5 Å². The highest BCUT2D eigenvalue weighted by molar-refractivity contribution is 5.88. The second-order valence-corrected chi connectivity index (χ2v) is 11.8. The normalized spacial score (nSPS) is 14.0. The Hall–Kier alpha value is -5.62. The van der Waals surface area contributed by atoms with Gasteiger partial charge in [0.25, 0.3) is 0 Å². The summed E-state index contributed by atoms with van der Waals surface area (Å²) in [5.74, 6) is 0.437. The molecule has 4 aromatic rings. The molecular formula is C37H35N3O6. The van der Waals surface area contributed by atoms with Gasteiger partial charge in [0.2, 0.25) is 5.91 Å². The highest BCUT2D eigenvalue weighted by Crippen LogP contribution is 2.35. The predicted molar refractivity (Wildman–Crippen MR) is 172 cm³/mol. The molecule has 1 aliphatic rings. The summed E-state index contributed by atoms with van der Waals surface area (Å²) >= 11 is 0. The molecule has 0 saturated heterocycles. The quantitative estimate of drug-likeness (QED) is 0.168. The third kappa shape index (κ3) is 8.10. The fourth-order valence-electron chi connectivity index (χ4n) is 5.10. The molecule has 0 bridgehead atoms. The van der Waals surface area contributed by atoms with Crippen molar-refractivity contribution in [3.8, 4) is 34.4 Å². The molecule has 0 aromatic heterocycles. The molecule has 0 unspecified atom stereocenters. The van der Waals surface area contributed by atoms with E-state index in [9.17, 15) is 14.4 Å². The van der Waals surface area contributed by atoms with E-state index in [2.05, 4.69) is 11.4 Å². The number of nitriles is 1. The molecule has 1 heterocycles. The Kier molecular flexibility index (Phi) is 9.67. The summed E-state index contributed by atoms with van der Waals surface area (Å²) in [7, 11) is 0. The van der Waals surface area contributed by atoms with E-state index in [0.29, 0.717) is 34.8 Å².